The minimum atomic E-state index is -0.961. The number of amides is 1. The van der Waals surface area contributed by atoms with Gasteiger partial charge in [0.1, 0.15) is 0 Å². The normalized spacial score (nSPS) is 18.6. The second-order valence-electron chi connectivity index (χ2n) is 5.93. The van der Waals surface area contributed by atoms with Gasteiger partial charge in [-0.05, 0) is 24.0 Å². The van der Waals surface area contributed by atoms with Crippen LogP contribution in [0.5, 0.6) is 0 Å². The summed E-state index contributed by atoms with van der Waals surface area (Å²) in [6, 6.07) is 6.63. The Hall–Kier alpha value is -1.84. The Bertz CT molecular complexity index is 536. The van der Waals surface area contributed by atoms with Crippen molar-refractivity contribution in [3.05, 3.63) is 35.4 Å². The van der Waals surface area contributed by atoms with Crippen LogP contribution in [0, 0.1) is 5.41 Å². The first-order chi connectivity index (χ1) is 9.38. The third-order valence-corrected chi connectivity index (χ3v) is 4.24. The van der Waals surface area contributed by atoms with Gasteiger partial charge in [0.25, 0.3) is 0 Å². The quantitative estimate of drug-likeness (QED) is 0.922. The van der Waals surface area contributed by atoms with Crippen molar-refractivity contribution in [2.75, 3.05) is 6.54 Å². The van der Waals surface area contributed by atoms with E-state index >= 15 is 0 Å². The fraction of sp³-hybridized carbons (Fsp3) is 0.500. The van der Waals surface area contributed by atoms with Crippen molar-refractivity contribution in [2.45, 2.75) is 39.7 Å². The molecular weight excluding hydrogens is 254 g/mol. The minimum Gasteiger partial charge on any atom is -0.479 e. The van der Waals surface area contributed by atoms with Crippen molar-refractivity contribution in [1.82, 2.24) is 4.90 Å². The Morgan fingerprint density at radius 2 is 2.00 bits per heavy atom. The lowest BCUT2D eigenvalue weighted by molar-refractivity contribution is -0.155. The van der Waals surface area contributed by atoms with Crippen LogP contribution in [0.25, 0.3) is 0 Å². The fourth-order valence-corrected chi connectivity index (χ4v) is 2.59. The molecule has 1 aliphatic rings. The highest BCUT2D eigenvalue weighted by Gasteiger charge is 2.40. The van der Waals surface area contributed by atoms with E-state index in [1.54, 1.807) is 0 Å². The summed E-state index contributed by atoms with van der Waals surface area (Å²) < 4.78 is 0. The van der Waals surface area contributed by atoms with Gasteiger partial charge in [0.05, 0.1) is 0 Å². The molecule has 108 valence electrons. The molecule has 1 N–H and O–H groups in total. The number of carboxylic acids is 1. The van der Waals surface area contributed by atoms with Gasteiger partial charge < -0.3 is 10.0 Å². The Morgan fingerprint density at radius 1 is 1.35 bits per heavy atom. The molecule has 0 aliphatic carbocycles. The number of carbonyl (C=O) groups is 2. The third kappa shape index (κ3) is 2.42. The van der Waals surface area contributed by atoms with Crippen molar-refractivity contribution >= 4 is 11.9 Å². The second-order valence-corrected chi connectivity index (χ2v) is 5.93. The number of hydrogen-bond acceptors (Lipinski definition) is 2. The summed E-state index contributed by atoms with van der Waals surface area (Å²) in [5.74, 6) is -1.04. The topological polar surface area (TPSA) is 57.6 Å². The van der Waals surface area contributed by atoms with Crippen molar-refractivity contribution in [3.63, 3.8) is 0 Å². The predicted molar refractivity (Wildman–Crippen MR) is 76.3 cm³/mol. The molecule has 1 heterocycles. The average molecular weight is 275 g/mol. The molecule has 4 heteroatoms. The van der Waals surface area contributed by atoms with Crippen LogP contribution in [0.15, 0.2) is 24.3 Å². The van der Waals surface area contributed by atoms with Gasteiger partial charge >= 0.3 is 5.97 Å². The lowest BCUT2D eigenvalue weighted by Gasteiger charge is -2.39. The van der Waals surface area contributed by atoms with E-state index in [0.717, 1.165) is 11.1 Å². The molecule has 0 saturated carbocycles. The third-order valence-electron chi connectivity index (χ3n) is 4.24. The lowest BCUT2D eigenvalue weighted by Crippen LogP contribution is -2.48. The fourth-order valence-electron chi connectivity index (χ4n) is 2.59. The van der Waals surface area contributed by atoms with E-state index in [2.05, 4.69) is 0 Å². The summed E-state index contributed by atoms with van der Waals surface area (Å²) in [7, 11) is 0. The zero-order chi connectivity index (χ0) is 14.9. The minimum absolute atomic E-state index is 0.0816. The van der Waals surface area contributed by atoms with Crippen LogP contribution in [0.3, 0.4) is 0 Å². The largest absolute Gasteiger partial charge is 0.479 e. The van der Waals surface area contributed by atoms with Crippen LogP contribution in [0.4, 0.5) is 0 Å². The van der Waals surface area contributed by atoms with Gasteiger partial charge in [0.2, 0.25) is 5.91 Å². The number of hydrogen-bond donors (Lipinski definition) is 1. The molecule has 0 bridgehead atoms. The van der Waals surface area contributed by atoms with Crippen LogP contribution in [-0.4, -0.2) is 28.4 Å². The average Bonchev–Trinajstić information content (AvgIpc) is 2.44. The molecule has 1 aromatic carbocycles. The van der Waals surface area contributed by atoms with Crippen LogP contribution in [-0.2, 0) is 16.0 Å². The number of nitrogens with zero attached hydrogens (tertiary/aromatic N) is 1. The Kier molecular flexibility index (Phi) is 3.84. The summed E-state index contributed by atoms with van der Waals surface area (Å²) in [4.78, 5) is 25.8. The van der Waals surface area contributed by atoms with Gasteiger partial charge in [-0.3, -0.25) is 4.79 Å². The van der Waals surface area contributed by atoms with E-state index in [1.807, 2.05) is 45.0 Å². The van der Waals surface area contributed by atoms with Crippen LogP contribution in [0.2, 0.25) is 0 Å². The lowest BCUT2D eigenvalue weighted by atomic mass is 9.85. The van der Waals surface area contributed by atoms with Gasteiger partial charge in [0.15, 0.2) is 6.04 Å². The maximum Gasteiger partial charge on any atom is 0.331 e. The second kappa shape index (κ2) is 5.27. The summed E-state index contributed by atoms with van der Waals surface area (Å²) in [5.41, 5.74) is 1.24. The summed E-state index contributed by atoms with van der Waals surface area (Å²) >= 11 is 0. The zero-order valence-electron chi connectivity index (χ0n) is 12.2. The van der Waals surface area contributed by atoms with E-state index in [1.165, 1.54) is 4.90 Å². The first-order valence-electron chi connectivity index (χ1n) is 7.00. The van der Waals surface area contributed by atoms with Crippen molar-refractivity contribution in [3.8, 4) is 0 Å². The zero-order valence-corrected chi connectivity index (χ0v) is 12.2. The smallest absolute Gasteiger partial charge is 0.331 e. The maximum atomic E-state index is 12.6. The molecular formula is C16H21NO3. The summed E-state index contributed by atoms with van der Waals surface area (Å²) in [5, 5.41) is 9.55. The highest BCUT2D eigenvalue weighted by Crippen LogP contribution is 2.34. The van der Waals surface area contributed by atoms with Crippen molar-refractivity contribution in [1.29, 1.82) is 0 Å². The van der Waals surface area contributed by atoms with Gasteiger partial charge in [-0.25, -0.2) is 4.79 Å². The standard InChI is InChI=1S/C16H21NO3/c1-4-16(2,3)15(20)17-10-9-11-7-5-6-8-12(11)13(17)14(18)19/h5-8,13H,4,9-10H2,1-3H3,(H,18,19). The monoisotopic (exact) mass is 275 g/mol. The van der Waals surface area contributed by atoms with Crippen molar-refractivity contribution < 1.29 is 14.7 Å². The van der Waals surface area contributed by atoms with Crippen LogP contribution in [0.1, 0.15) is 44.4 Å². The van der Waals surface area contributed by atoms with E-state index in [-0.39, 0.29) is 5.91 Å². The SMILES string of the molecule is CCC(C)(C)C(=O)N1CCc2ccccc2C1C(=O)O. The number of aliphatic carboxylic acids is 1. The van der Waals surface area contributed by atoms with Crippen molar-refractivity contribution in [2.24, 2.45) is 5.41 Å². The highest BCUT2D eigenvalue weighted by atomic mass is 16.4. The Morgan fingerprint density at radius 3 is 2.60 bits per heavy atom. The molecule has 0 aromatic heterocycles. The van der Waals surface area contributed by atoms with E-state index < -0.39 is 17.4 Å². The van der Waals surface area contributed by atoms with Gasteiger partial charge in [-0.15, -0.1) is 0 Å². The number of carbonyl (C=O) groups excluding carboxylic acids is 1. The molecule has 1 amide bonds. The highest BCUT2D eigenvalue weighted by molar-refractivity contribution is 5.88. The van der Waals surface area contributed by atoms with E-state index in [4.69, 9.17) is 0 Å². The van der Waals surface area contributed by atoms with E-state index in [0.29, 0.717) is 19.4 Å². The molecule has 0 fully saturated rings. The number of fused-ring (bicyclic) bond motifs is 1. The predicted octanol–water partition coefficient (Wildman–Crippen LogP) is 2.63. The molecule has 20 heavy (non-hydrogen) atoms. The molecule has 1 aromatic rings. The molecule has 1 aliphatic heterocycles. The first-order valence-corrected chi connectivity index (χ1v) is 7.00. The van der Waals surface area contributed by atoms with Gasteiger partial charge in [-0.1, -0.05) is 45.0 Å². The molecule has 0 radical (unpaired) electrons. The van der Waals surface area contributed by atoms with Crippen LogP contribution < -0.4 is 0 Å². The molecule has 1 atom stereocenters. The first kappa shape index (κ1) is 14.6. The summed E-state index contributed by atoms with van der Waals surface area (Å²) in [6.07, 6.45) is 1.40. The number of benzene rings is 1. The van der Waals surface area contributed by atoms with Crippen LogP contribution >= 0.6 is 0 Å². The molecule has 1 unspecified atom stereocenters. The Balaban J connectivity index is 2.42. The van der Waals surface area contributed by atoms with Gasteiger partial charge in [0, 0.05) is 12.0 Å². The van der Waals surface area contributed by atoms with Gasteiger partial charge in [-0.2, -0.15) is 0 Å². The Labute approximate surface area is 119 Å². The number of rotatable bonds is 3. The molecule has 0 saturated heterocycles. The molecule has 4 nitrogen and oxygen atoms in total. The summed E-state index contributed by atoms with van der Waals surface area (Å²) in [6.45, 7) is 6.16. The number of carboxylic acid groups (broad SMARTS) is 1. The maximum absolute atomic E-state index is 12.6. The van der Waals surface area contributed by atoms with E-state index in [9.17, 15) is 14.7 Å². The molecule has 0 spiro atoms. The molecule has 2 rings (SSSR count).